The smallest absolute Gasteiger partial charge is 0.0154 e. The molecule has 2 unspecified atom stereocenters. The van der Waals surface area contributed by atoms with E-state index in [1.807, 2.05) is 0 Å². The van der Waals surface area contributed by atoms with Gasteiger partial charge in [0.15, 0.2) is 0 Å². The average molecular weight is 438 g/mol. The predicted octanol–water partition coefficient (Wildman–Crippen LogP) is 5.18. The minimum atomic E-state index is -0.939. The zero-order valence-electron chi connectivity index (χ0n) is 18.2. The van der Waals surface area contributed by atoms with Gasteiger partial charge in [0.05, 0.1) is 0 Å². The summed E-state index contributed by atoms with van der Waals surface area (Å²) >= 11 is 0. The first kappa shape index (κ1) is 22.6. The molecule has 0 saturated carbocycles. The zero-order chi connectivity index (χ0) is 19.7. The molecule has 0 fully saturated rings. The Labute approximate surface area is 189 Å². The van der Waals surface area contributed by atoms with Gasteiger partial charge in [-0.1, -0.05) is 61.0 Å². The summed E-state index contributed by atoms with van der Waals surface area (Å²) in [5.74, 6) is -0.00745. The Balaban J connectivity index is 0.00000261. The summed E-state index contributed by atoms with van der Waals surface area (Å²) in [5.41, 5.74) is 18.8. The number of rotatable bonds is 1. The van der Waals surface area contributed by atoms with Crippen molar-refractivity contribution >= 4 is 0 Å². The predicted molar refractivity (Wildman–Crippen MR) is 108 cm³/mol. The molecule has 0 heterocycles. The first-order valence-corrected chi connectivity index (χ1v) is 9.42. The van der Waals surface area contributed by atoms with Crippen molar-refractivity contribution in [2.24, 2.45) is 5.73 Å². The van der Waals surface area contributed by atoms with Crippen molar-refractivity contribution in [2.75, 3.05) is 0 Å². The van der Waals surface area contributed by atoms with Crippen molar-refractivity contribution in [3.8, 4) is 0 Å². The molecule has 3 heteroatoms. The molecule has 0 aliphatic heterocycles. The van der Waals surface area contributed by atoms with E-state index >= 15 is 0 Å². The number of hydrogen-bond donors (Lipinski definition) is 2. The van der Waals surface area contributed by atoms with Gasteiger partial charge >= 0.3 is 0 Å². The molecule has 0 amide bonds. The van der Waals surface area contributed by atoms with E-state index in [0.717, 1.165) is 27.8 Å². The minimum absolute atomic E-state index is 0. The third-order valence-corrected chi connectivity index (χ3v) is 7.27. The van der Waals surface area contributed by atoms with Gasteiger partial charge in [0.1, 0.15) is 0 Å². The Morgan fingerprint density at radius 2 is 1.30 bits per heavy atom. The van der Waals surface area contributed by atoms with E-state index in [1.54, 1.807) is 0 Å². The Hall–Kier alpha value is -0.666. The normalized spacial score (nSPS) is 21.3. The third-order valence-electron chi connectivity index (χ3n) is 7.27. The van der Waals surface area contributed by atoms with E-state index in [0.29, 0.717) is 6.10 Å². The summed E-state index contributed by atoms with van der Waals surface area (Å²) < 4.78 is 0. The standard InChI is InChI=1S/C24H31NO.Y/c1-11-10-20(16(6)13(3)12(11)2)24(25)19(9)21-17(7)14(4)15(5)18(8)22(21)23(24)26;/h19,26H,25H2,1-9H3;/q-2;. The van der Waals surface area contributed by atoms with E-state index in [2.05, 4.69) is 68.4 Å². The fourth-order valence-corrected chi connectivity index (χ4v) is 4.70. The quantitative estimate of drug-likeness (QED) is 0.603. The van der Waals surface area contributed by atoms with Gasteiger partial charge in [-0.2, -0.15) is 33.9 Å². The summed E-state index contributed by atoms with van der Waals surface area (Å²) in [7, 11) is 0. The van der Waals surface area contributed by atoms with Gasteiger partial charge in [0.25, 0.3) is 0 Å². The van der Waals surface area contributed by atoms with Crippen molar-refractivity contribution in [3.63, 3.8) is 0 Å². The van der Waals surface area contributed by atoms with Crippen LogP contribution >= 0.6 is 0 Å². The first-order valence-electron chi connectivity index (χ1n) is 9.42. The second-order valence-electron chi connectivity index (χ2n) is 8.23. The SMILES string of the molecule is Cc1[c-]c(C2(N)[C-](O)c3c(C)c(C)c(C)c(C)c3C2C)c(C)c(C)c1C.[Y]. The molecular weight excluding hydrogens is 407 g/mol. The van der Waals surface area contributed by atoms with Crippen LogP contribution in [0.25, 0.3) is 0 Å². The fourth-order valence-electron chi connectivity index (χ4n) is 4.70. The second-order valence-corrected chi connectivity index (χ2v) is 8.23. The summed E-state index contributed by atoms with van der Waals surface area (Å²) in [6.07, 6.45) is 0.297. The molecule has 1 radical (unpaired) electrons. The average Bonchev–Trinajstić information content (AvgIpc) is 2.81. The molecule has 27 heavy (non-hydrogen) atoms. The van der Waals surface area contributed by atoms with Crippen LogP contribution in [0.5, 0.6) is 0 Å². The Kier molecular flexibility index (Phi) is 6.12. The number of benzene rings is 2. The van der Waals surface area contributed by atoms with Crippen molar-refractivity contribution in [1.82, 2.24) is 0 Å². The van der Waals surface area contributed by atoms with Gasteiger partial charge in [-0.25, -0.2) is 0 Å². The Morgan fingerprint density at radius 1 is 0.815 bits per heavy atom. The molecule has 0 aromatic heterocycles. The molecule has 2 aromatic rings. The van der Waals surface area contributed by atoms with Gasteiger partial charge in [-0.3, -0.25) is 0 Å². The van der Waals surface area contributed by atoms with Gasteiger partial charge in [0, 0.05) is 38.2 Å². The van der Waals surface area contributed by atoms with Crippen LogP contribution < -0.4 is 5.73 Å². The maximum Gasteiger partial charge on any atom is 0.0154 e. The largest absolute Gasteiger partial charge is 0.423 e. The number of aliphatic hydroxyl groups is 1. The van der Waals surface area contributed by atoms with Crippen molar-refractivity contribution in [3.05, 3.63) is 73.4 Å². The van der Waals surface area contributed by atoms with Gasteiger partial charge < -0.3 is 10.8 Å². The molecule has 1 aliphatic rings. The van der Waals surface area contributed by atoms with Crippen LogP contribution in [0.4, 0.5) is 0 Å². The summed E-state index contributed by atoms with van der Waals surface area (Å²) in [6.45, 7) is 19.1. The molecule has 2 aromatic carbocycles. The molecule has 3 rings (SSSR count). The number of aryl methyl sites for hydroxylation is 1. The van der Waals surface area contributed by atoms with Gasteiger partial charge in [-0.05, 0) is 18.9 Å². The summed E-state index contributed by atoms with van der Waals surface area (Å²) in [5, 5.41) is 11.4. The molecule has 143 valence electrons. The van der Waals surface area contributed by atoms with Crippen LogP contribution in [0.1, 0.15) is 74.0 Å². The first-order chi connectivity index (χ1) is 12.0. The van der Waals surface area contributed by atoms with Crippen LogP contribution in [0.2, 0.25) is 0 Å². The molecule has 3 N–H and O–H groups in total. The van der Waals surface area contributed by atoms with Crippen LogP contribution in [0.3, 0.4) is 0 Å². The molecule has 2 atom stereocenters. The summed E-state index contributed by atoms with van der Waals surface area (Å²) in [4.78, 5) is 0. The monoisotopic (exact) mass is 438 g/mol. The molecule has 1 aliphatic carbocycles. The zero-order valence-corrected chi connectivity index (χ0v) is 21.0. The molecule has 0 spiro atoms. The van der Waals surface area contributed by atoms with Crippen molar-refractivity contribution in [2.45, 2.75) is 73.8 Å². The molecule has 0 bridgehead atoms. The maximum absolute atomic E-state index is 11.4. The molecule has 0 saturated heterocycles. The second kappa shape index (κ2) is 7.30. The van der Waals surface area contributed by atoms with Crippen LogP contribution in [-0.2, 0) is 38.2 Å². The topological polar surface area (TPSA) is 46.2 Å². The van der Waals surface area contributed by atoms with Gasteiger partial charge in [0.2, 0.25) is 0 Å². The van der Waals surface area contributed by atoms with E-state index in [-0.39, 0.29) is 38.6 Å². The van der Waals surface area contributed by atoms with Crippen LogP contribution in [0, 0.1) is 67.6 Å². The van der Waals surface area contributed by atoms with E-state index in [9.17, 15) is 5.11 Å². The number of aliphatic hydroxyl groups excluding tert-OH is 1. The molecule has 2 nitrogen and oxygen atoms in total. The fraction of sp³-hybridized carbons (Fsp3) is 0.458. The summed E-state index contributed by atoms with van der Waals surface area (Å²) in [6, 6.07) is 3.53. The van der Waals surface area contributed by atoms with Crippen LogP contribution in [0.15, 0.2) is 0 Å². The van der Waals surface area contributed by atoms with Crippen LogP contribution in [-0.4, -0.2) is 5.11 Å². The third kappa shape index (κ3) is 2.87. The van der Waals surface area contributed by atoms with Crippen molar-refractivity contribution < 1.29 is 37.8 Å². The molecular formula is C24H31NOY-2. The maximum atomic E-state index is 11.4. The van der Waals surface area contributed by atoms with E-state index < -0.39 is 5.54 Å². The number of fused-ring (bicyclic) bond motifs is 1. The minimum Gasteiger partial charge on any atom is -0.423 e. The van der Waals surface area contributed by atoms with E-state index in [4.69, 9.17) is 5.73 Å². The number of nitrogens with two attached hydrogens (primary N) is 1. The Bertz CT molecular complexity index is 888. The number of hydrogen-bond acceptors (Lipinski definition) is 2. The Morgan fingerprint density at radius 3 is 1.85 bits per heavy atom. The van der Waals surface area contributed by atoms with Gasteiger partial charge in [-0.15, -0.1) is 27.8 Å². The van der Waals surface area contributed by atoms with Crippen molar-refractivity contribution in [1.29, 1.82) is 0 Å². The van der Waals surface area contributed by atoms with E-state index in [1.165, 1.54) is 33.4 Å².